The molecule has 90 valence electrons. The number of amides is 1. The van der Waals surface area contributed by atoms with E-state index in [4.69, 9.17) is 4.74 Å². The molecule has 0 aliphatic heterocycles. The van der Waals surface area contributed by atoms with Crippen LogP contribution in [0.15, 0.2) is 43.0 Å². The van der Waals surface area contributed by atoms with Crippen molar-refractivity contribution in [2.24, 2.45) is 0 Å². The van der Waals surface area contributed by atoms with Gasteiger partial charge in [0.05, 0.1) is 0 Å². The molecule has 0 radical (unpaired) electrons. The fourth-order valence-electron chi connectivity index (χ4n) is 2.04. The topological polar surface area (TPSA) is 29.5 Å². The fraction of sp³-hybridized carbons (Fsp3) is 0.357. The largest absolute Gasteiger partial charge is 0.445 e. The van der Waals surface area contributed by atoms with Crippen molar-refractivity contribution in [3.63, 3.8) is 0 Å². The molecule has 1 amide bonds. The van der Waals surface area contributed by atoms with E-state index in [9.17, 15) is 4.79 Å². The average molecular weight is 231 g/mol. The van der Waals surface area contributed by atoms with E-state index >= 15 is 0 Å². The lowest BCUT2D eigenvalue weighted by atomic mass is 10.1. The van der Waals surface area contributed by atoms with E-state index in [1.807, 2.05) is 18.2 Å². The van der Waals surface area contributed by atoms with Gasteiger partial charge in [-0.3, -0.25) is 0 Å². The second-order valence-corrected chi connectivity index (χ2v) is 4.30. The minimum atomic E-state index is -0.270. The van der Waals surface area contributed by atoms with Gasteiger partial charge in [0.2, 0.25) is 0 Å². The number of likely N-dealkylation sites (N-methyl/N-ethyl adjacent to an activating group) is 1. The summed E-state index contributed by atoms with van der Waals surface area (Å²) in [5.74, 6) is 0.456. The Kier molecular flexibility index (Phi) is 3.47. The smallest absolute Gasteiger partial charge is 0.410 e. The molecule has 1 saturated carbocycles. The maximum absolute atomic E-state index is 11.6. The molecule has 1 aromatic rings. The van der Waals surface area contributed by atoms with Crippen molar-refractivity contribution >= 4 is 6.09 Å². The van der Waals surface area contributed by atoms with Gasteiger partial charge in [0.1, 0.15) is 6.61 Å². The van der Waals surface area contributed by atoms with E-state index < -0.39 is 0 Å². The van der Waals surface area contributed by atoms with Crippen LogP contribution in [-0.2, 0) is 4.74 Å². The predicted octanol–water partition coefficient (Wildman–Crippen LogP) is 2.80. The standard InChI is InChI=1S/C14H17NO2/c1-3-9-17-14(16)15(2)13-10-12(13)11-7-5-4-6-8-11/h3-8,12-13H,1,9-10H2,2H3. The summed E-state index contributed by atoms with van der Waals surface area (Å²) in [7, 11) is 1.79. The summed E-state index contributed by atoms with van der Waals surface area (Å²) in [6.07, 6.45) is 2.32. The molecule has 0 heterocycles. The van der Waals surface area contributed by atoms with Crippen LogP contribution in [0.5, 0.6) is 0 Å². The second kappa shape index (κ2) is 5.04. The van der Waals surface area contributed by atoms with Crippen LogP contribution in [0.25, 0.3) is 0 Å². The first-order valence-corrected chi connectivity index (χ1v) is 5.79. The van der Waals surface area contributed by atoms with Gasteiger partial charge in [-0.2, -0.15) is 0 Å². The molecule has 3 nitrogen and oxygen atoms in total. The molecule has 1 aliphatic rings. The Morgan fingerprint density at radius 3 is 2.88 bits per heavy atom. The van der Waals surface area contributed by atoms with Crippen LogP contribution in [-0.4, -0.2) is 30.7 Å². The van der Waals surface area contributed by atoms with E-state index in [1.165, 1.54) is 5.56 Å². The normalized spacial score (nSPS) is 21.7. The lowest BCUT2D eigenvalue weighted by Gasteiger charge is -2.16. The number of ether oxygens (including phenoxy) is 1. The molecule has 17 heavy (non-hydrogen) atoms. The van der Waals surface area contributed by atoms with E-state index in [-0.39, 0.29) is 18.7 Å². The Bertz CT molecular complexity index is 402. The Hall–Kier alpha value is -1.77. The van der Waals surface area contributed by atoms with E-state index in [1.54, 1.807) is 18.0 Å². The molecule has 1 aromatic carbocycles. The van der Waals surface area contributed by atoms with Crippen molar-refractivity contribution in [3.8, 4) is 0 Å². The molecule has 0 N–H and O–H groups in total. The van der Waals surface area contributed by atoms with Crippen LogP contribution in [0.2, 0.25) is 0 Å². The number of benzene rings is 1. The molecule has 0 saturated heterocycles. The lowest BCUT2D eigenvalue weighted by molar-refractivity contribution is 0.119. The second-order valence-electron chi connectivity index (χ2n) is 4.30. The summed E-state index contributed by atoms with van der Waals surface area (Å²) in [4.78, 5) is 13.3. The van der Waals surface area contributed by atoms with Crippen LogP contribution in [0.3, 0.4) is 0 Å². The van der Waals surface area contributed by atoms with Gasteiger partial charge in [-0.05, 0) is 12.0 Å². The summed E-state index contributed by atoms with van der Waals surface area (Å²) in [6.45, 7) is 3.79. The summed E-state index contributed by atoms with van der Waals surface area (Å²) in [5.41, 5.74) is 1.29. The van der Waals surface area contributed by atoms with Gasteiger partial charge in [0, 0.05) is 19.0 Å². The van der Waals surface area contributed by atoms with Gasteiger partial charge in [0.15, 0.2) is 0 Å². The monoisotopic (exact) mass is 231 g/mol. The highest BCUT2D eigenvalue weighted by Crippen LogP contribution is 2.44. The molecule has 2 atom stereocenters. The third kappa shape index (κ3) is 2.67. The quantitative estimate of drug-likeness (QED) is 0.746. The Morgan fingerprint density at radius 1 is 1.53 bits per heavy atom. The van der Waals surface area contributed by atoms with Crippen LogP contribution < -0.4 is 0 Å². The SMILES string of the molecule is C=CCOC(=O)N(C)C1CC1c1ccccc1. The van der Waals surface area contributed by atoms with Gasteiger partial charge in [0.25, 0.3) is 0 Å². The number of hydrogen-bond donors (Lipinski definition) is 0. The molecule has 0 aromatic heterocycles. The van der Waals surface area contributed by atoms with Crippen LogP contribution in [0.1, 0.15) is 17.9 Å². The van der Waals surface area contributed by atoms with Gasteiger partial charge >= 0.3 is 6.09 Å². The van der Waals surface area contributed by atoms with Crippen molar-refractivity contribution < 1.29 is 9.53 Å². The number of rotatable bonds is 4. The molecule has 1 fully saturated rings. The molecule has 2 rings (SSSR count). The first-order valence-electron chi connectivity index (χ1n) is 5.79. The summed E-state index contributed by atoms with van der Waals surface area (Å²) < 4.78 is 5.01. The summed E-state index contributed by atoms with van der Waals surface area (Å²) >= 11 is 0. The highest BCUT2D eigenvalue weighted by molar-refractivity contribution is 5.68. The molecule has 1 aliphatic carbocycles. The first-order chi connectivity index (χ1) is 8.24. The van der Waals surface area contributed by atoms with Crippen LogP contribution >= 0.6 is 0 Å². The number of nitrogens with zero attached hydrogens (tertiary/aromatic N) is 1. The third-order valence-electron chi connectivity index (χ3n) is 3.09. The van der Waals surface area contributed by atoms with E-state index in [0.717, 1.165) is 6.42 Å². The summed E-state index contributed by atoms with van der Waals surface area (Å²) in [6, 6.07) is 10.5. The summed E-state index contributed by atoms with van der Waals surface area (Å²) in [5, 5.41) is 0. The number of carbonyl (C=O) groups is 1. The Balaban J connectivity index is 1.90. The van der Waals surface area contributed by atoms with Crippen molar-refractivity contribution in [1.82, 2.24) is 4.90 Å². The Labute approximate surface area is 102 Å². The zero-order valence-corrected chi connectivity index (χ0v) is 10.0. The maximum Gasteiger partial charge on any atom is 0.410 e. The average Bonchev–Trinajstić information content (AvgIpc) is 3.16. The van der Waals surface area contributed by atoms with Crippen molar-refractivity contribution in [2.45, 2.75) is 18.4 Å². The molecule has 0 bridgehead atoms. The van der Waals surface area contributed by atoms with Crippen LogP contribution in [0.4, 0.5) is 4.79 Å². The van der Waals surface area contributed by atoms with Gasteiger partial charge in [-0.15, -0.1) is 0 Å². The third-order valence-corrected chi connectivity index (χ3v) is 3.09. The minimum Gasteiger partial charge on any atom is -0.445 e. The molecule has 3 heteroatoms. The highest BCUT2D eigenvalue weighted by Gasteiger charge is 2.43. The Morgan fingerprint density at radius 2 is 2.24 bits per heavy atom. The van der Waals surface area contributed by atoms with Gasteiger partial charge in [-0.25, -0.2) is 4.79 Å². The molecule has 0 spiro atoms. The molecular weight excluding hydrogens is 214 g/mol. The van der Waals surface area contributed by atoms with Gasteiger partial charge in [-0.1, -0.05) is 43.0 Å². The van der Waals surface area contributed by atoms with Crippen molar-refractivity contribution in [3.05, 3.63) is 48.6 Å². The fourth-order valence-corrected chi connectivity index (χ4v) is 2.04. The van der Waals surface area contributed by atoms with Crippen LogP contribution in [0, 0.1) is 0 Å². The van der Waals surface area contributed by atoms with Gasteiger partial charge < -0.3 is 9.64 Å². The first kappa shape index (κ1) is 11.7. The maximum atomic E-state index is 11.6. The molecule has 2 unspecified atom stereocenters. The minimum absolute atomic E-state index is 0.270. The van der Waals surface area contributed by atoms with E-state index in [2.05, 4.69) is 18.7 Å². The number of hydrogen-bond acceptors (Lipinski definition) is 2. The molecular formula is C14H17NO2. The van der Waals surface area contributed by atoms with Crippen molar-refractivity contribution in [2.75, 3.05) is 13.7 Å². The lowest BCUT2D eigenvalue weighted by Crippen LogP contribution is -2.30. The number of carbonyl (C=O) groups excluding carboxylic acids is 1. The van der Waals surface area contributed by atoms with E-state index in [0.29, 0.717) is 5.92 Å². The zero-order valence-electron chi connectivity index (χ0n) is 10.0. The zero-order chi connectivity index (χ0) is 12.3. The van der Waals surface area contributed by atoms with Crippen molar-refractivity contribution in [1.29, 1.82) is 0 Å². The highest BCUT2D eigenvalue weighted by atomic mass is 16.6. The predicted molar refractivity (Wildman–Crippen MR) is 66.9 cm³/mol.